The van der Waals surface area contributed by atoms with E-state index in [1.165, 1.54) is 12.1 Å². The van der Waals surface area contributed by atoms with Crippen LogP contribution in [0.25, 0.3) is 0 Å². The van der Waals surface area contributed by atoms with E-state index in [4.69, 9.17) is 0 Å². The van der Waals surface area contributed by atoms with Crippen LogP contribution in [-0.2, 0) is 10.0 Å². The van der Waals surface area contributed by atoms with Crippen molar-refractivity contribution in [3.8, 4) is 0 Å². The first kappa shape index (κ1) is 20.3. The van der Waals surface area contributed by atoms with Crippen LogP contribution in [0.2, 0.25) is 0 Å². The third-order valence-electron chi connectivity index (χ3n) is 5.14. The number of rotatable bonds is 7. The lowest BCUT2D eigenvalue weighted by atomic mass is 9.97. The molecule has 0 bridgehead atoms. The molecule has 1 amide bonds. The lowest BCUT2D eigenvalue weighted by Crippen LogP contribution is -2.29. The van der Waals surface area contributed by atoms with Crippen molar-refractivity contribution in [2.24, 2.45) is 0 Å². The monoisotopic (exact) mass is 420 g/mol. The molecular formula is C24H24N2O3S. The van der Waals surface area contributed by atoms with Gasteiger partial charge in [-0.15, -0.1) is 0 Å². The van der Waals surface area contributed by atoms with Crippen molar-refractivity contribution in [2.75, 3.05) is 0 Å². The Hall–Kier alpha value is -2.96. The second kappa shape index (κ2) is 8.42. The number of amides is 1. The lowest BCUT2D eigenvalue weighted by molar-refractivity contribution is 0.0943. The Kier molecular flexibility index (Phi) is 5.70. The van der Waals surface area contributed by atoms with E-state index in [-0.39, 0.29) is 22.9 Å². The van der Waals surface area contributed by atoms with Crippen molar-refractivity contribution in [3.63, 3.8) is 0 Å². The fourth-order valence-corrected chi connectivity index (χ4v) is 4.56. The van der Waals surface area contributed by atoms with Gasteiger partial charge in [0.2, 0.25) is 10.0 Å². The Morgan fingerprint density at radius 2 is 1.47 bits per heavy atom. The van der Waals surface area contributed by atoms with Crippen molar-refractivity contribution in [1.82, 2.24) is 10.0 Å². The molecule has 0 radical (unpaired) electrons. The molecule has 154 valence electrons. The zero-order chi connectivity index (χ0) is 21.1. The average Bonchev–Trinajstić information content (AvgIpc) is 3.57. The van der Waals surface area contributed by atoms with Gasteiger partial charge in [-0.25, -0.2) is 13.1 Å². The summed E-state index contributed by atoms with van der Waals surface area (Å²) in [4.78, 5) is 13.1. The molecule has 6 heteroatoms. The molecule has 1 saturated carbocycles. The number of hydrogen-bond acceptors (Lipinski definition) is 3. The Morgan fingerprint density at radius 3 is 2.07 bits per heavy atom. The quantitative estimate of drug-likeness (QED) is 0.608. The van der Waals surface area contributed by atoms with Crippen molar-refractivity contribution in [2.45, 2.75) is 36.7 Å². The highest BCUT2D eigenvalue weighted by atomic mass is 32.2. The first-order valence-corrected chi connectivity index (χ1v) is 11.5. The summed E-state index contributed by atoms with van der Waals surface area (Å²) in [7, 11) is -3.53. The van der Waals surface area contributed by atoms with Gasteiger partial charge in [-0.2, -0.15) is 0 Å². The number of carbonyl (C=O) groups excluding carboxylic acids is 1. The number of carbonyl (C=O) groups is 1. The molecule has 5 nitrogen and oxygen atoms in total. The first-order valence-electron chi connectivity index (χ1n) is 9.97. The zero-order valence-corrected chi connectivity index (χ0v) is 17.5. The molecule has 0 spiro atoms. The van der Waals surface area contributed by atoms with Gasteiger partial charge in [0.25, 0.3) is 5.91 Å². The second-order valence-electron chi connectivity index (χ2n) is 7.65. The first-order chi connectivity index (χ1) is 14.4. The fraction of sp³-hybridized carbons (Fsp3) is 0.208. The molecule has 0 aromatic heterocycles. The molecule has 0 aliphatic heterocycles. The van der Waals surface area contributed by atoms with Gasteiger partial charge in [0.05, 0.1) is 10.9 Å². The molecule has 2 N–H and O–H groups in total. The van der Waals surface area contributed by atoms with Gasteiger partial charge in [0, 0.05) is 11.6 Å². The largest absolute Gasteiger partial charge is 0.341 e. The highest BCUT2D eigenvalue weighted by Gasteiger charge is 2.28. The van der Waals surface area contributed by atoms with Gasteiger partial charge in [-0.05, 0) is 55.2 Å². The van der Waals surface area contributed by atoms with E-state index >= 15 is 0 Å². The summed E-state index contributed by atoms with van der Waals surface area (Å²) in [6, 6.07) is 23.6. The molecule has 1 fully saturated rings. The number of nitrogens with one attached hydrogen (secondary N) is 2. The summed E-state index contributed by atoms with van der Waals surface area (Å²) in [6.45, 7) is 2.02. The minimum Gasteiger partial charge on any atom is -0.341 e. The molecule has 1 aliphatic carbocycles. The van der Waals surface area contributed by atoms with Gasteiger partial charge in [-0.3, -0.25) is 4.79 Å². The zero-order valence-electron chi connectivity index (χ0n) is 16.7. The normalized spacial score (nSPS) is 14.8. The predicted molar refractivity (Wildman–Crippen MR) is 117 cm³/mol. The summed E-state index contributed by atoms with van der Waals surface area (Å²) in [5.41, 5.74) is 3.51. The third kappa shape index (κ3) is 4.78. The van der Waals surface area contributed by atoms with Crippen molar-refractivity contribution in [3.05, 3.63) is 101 Å². The maximum absolute atomic E-state index is 12.9. The maximum Gasteiger partial charge on any atom is 0.252 e. The lowest BCUT2D eigenvalue weighted by Gasteiger charge is -2.20. The molecule has 30 heavy (non-hydrogen) atoms. The van der Waals surface area contributed by atoms with Gasteiger partial charge >= 0.3 is 0 Å². The van der Waals surface area contributed by atoms with E-state index in [1.807, 2.05) is 61.5 Å². The van der Waals surface area contributed by atoms with Crippen molar-refractivity contribution < 1.29 is 13.2 Å². The van der Waals surface area contributed by atoms with Crippen LogP contribution in [0.15, 0.2) is 83.8 Å². The molecule has 4 rings (SSSR count). The number of sulfonamides is 1. The summed E-state index contributed by atoms with van der Waals surface area (Å²) >= 11 is 0. The van der Waals surface area contributed by atoms with Crippen LogP contribution in [0.1, 0.15) is 45.9 Å². The van der Waals surface area contributed by atoms with Gasteiger partial charge in [0.15, 0.2) is 0 Å². The Bertz CT molecular complexity index is 1120. The van der Waals surface area contributed by atoms with Gasteiger partial charge < -0.3 is 5.32 Å². The molecule has 1 atom stereocenters. The standard InChI is InChI=1S/C24H24N2O3S/c1-17-7-9-19(10-8-17)23(18-5-3-2-4-6-18)25-24(27)20-11-15-22(16-12-20)30(28,29)26-21-13-14-21/h2-12,15-16,21,23,26H,13-14H2,1H3,(H,25,27). The van der Waals surface area contributed by atoms with Crippen LogP contribution < -0.4 is 10.0 Å². The summed E-state index contributed by atoms with van der Waals surface area (Å²) in [5.74, 6) is -0.261. The Labute approximate surface area is 177 Å². The summed E-state index contributed by atoms with van der Waals surface area (Å²) in [5, 5.41) is 3.08. The minimum absolute atomic E-state index is 0.0408. The summed E-state index contributed by atoms with van der Waals surface area (Å²) in [6.07, 6.45) is 1.75. The SMILES string of the molecule is Cc1ccc(C(NC(=O)c2ccc(S(=O)(=O)NC3CC3)cc2)c2ccccc2)cc1. The molecular weight excluding hydrogens is 396 g/mol. The highest BCUT2D eigenvalue weighted by molar-refractivity contribution is 7.89. The van der Waals surface area contributed by atoms with Crippen LogP contribution in [0.5, 0.6) is 0 Å². The van der Waals surface area contributed by atoms with E-state index in [0.717, 1.165) is 29.5 Å². The van der Waals surface area contributed by atoms with E-state index in [1.54, 1.807) is 12.1 Å². The maximum atomic E-state index is 12.9. The van der Waals surface area contributed by atoms with Crippen molar-refractivity contribution >= 4 is 15.9 Å². The fourth-order valence-electron chi connectivity index (χ4n) is 3.25. The van der Waals surface area contributed by atoms with Crippen LogP contribution in [-0.4, -0.2) is 20.4 Å². The molecule has 0 heterocycles. The summed E-state index contributed by atoms with van der Waals surface area (Å²) < 4.78 is 27.3. The van der Waals surface area contributed by atoms with E-state index in [0.29, 0.717) is 5.56 Å². The third-order valence-corrected chi connectivity index (χ3v) is 6.68. The van der Waals surface area contributed by atoms with Gasteiger partial charge in [0.1, 0.15) is 0 Å². The van der Waals surface area contributed by atoms with Crippen LogP contribution in [0.3, 0.4) is 0 Å². The molecule has 0 saturated heterocycles. The Balaban J connectivity index is 1.55. The molecule has 1 unspecified atom stereocenters. The predicted octanol–water partition coefficient (Wildman–Crippen LogP) is 3.96. The van der Waals surface area contributed by atoms with Crippen molar-refractivity contribution in [1.29, 1.82) is 0 Å². The molecule has 1 aliphatic rings. The molecule has 3 aromatic rings. The topological polar surface area (TPSA) is 75.3 Å². The van der Waals surface area contributed by atoms with Crippen LogP contribution in [0.4, 0.5) is 0 Å². The van der Waals surface area contributed by atoms with Crippen LogP contribution >= 0.6 is 0 Å². The highest BCUT2D eigenvalue weighted by Crippen LogP contribution is 2.24. The van der Waals surface area contributed by atoms with Gasteiger partial charge in [-0.1, -0.05) is 60.2 Å². The van der Waals surface area contributed by atoms with E-state index in [9.17, 15) is 13.2 Å². The average molecular weight is 421 g/mol. The van der Waals surface area contributed by atoms with Crippen LogP contribution in [0, 0.1) is 6.92 Å². The smallest absolute Gasteiger partial charge is 0.252 e. The Morgan fingerprint density at radius 1 is 0.867 bits per heavy atom. The number of benzene rings is 3. The second-order valence-corrected chi connectivity index (χ2v) is 9.36. The molecule has 3 aromatic carbocycles. The van der Waals surface area contributed by atoms with E-state index < -0.39 is 10.0 Å². The van der Waals surface area contributed by atoms with E-state index in [2.05, 4.69) is 10.0 Å². The minimum atomic E-state index is -3.53. The number of hydrogen-bond donors (Lipinski definition) is 2. The number of aryl methyl sites for hydroxylation is 1.